The normalized spacial score (nSPS) is 17.8. The molecular weight excluding hydrogens is 487 g/mol. The van der Waals surface area contributed by atoms with Crippen LogP contribution in [0.1, 0.15) is 22.8 Å². The quantitative estimate of drug-likeness (QED) is 0.408. The monoisotopic (exact) mass is 513 g/mol. The fourth-order valence-corrected chi connectivity index (χ4v) is 4.22. The van der Waals surface area contributed by atoms with Crippen LogP contribution in [0.4, 0.5) is 42.0 Å². The Morgan fingerprint density at radius 1 is 1.08 bits per heavy atom. The van der Waals surface area contributed by atoms with Crippen molar-refractivity contribution in [3.05, 3.63) is 59.8 Å². The van der Waals surface area contributed by atoms with E-state index < -0.39 is 23.5 Å². The highest BCUT2D eigenvalue weighted by Gasteiger charge is 2.36. The Balaban J connectivity index is 1.43. The van der Waals surface area contributed by atoms with Gasteiger partial charge in [0, 0.05) is 43.8 Å². The van der Waals surface area contributed by atoms with E-state index in [9.17, 15) is 18.0 Å². The molecule has 194 valence electrons. The number of carbonyl (C=O) groups is 1. The van der Waals surface area contributed by atoms with Gasteiger partial charge in [-0.2, -0.15) is 18.2 Å². The molecule has 0 spiro atoms. The van der Waals surface area contributed by atoms with Gasteiger partial charge in [0.1, 0.15) is 29.3 Å². The van der Waals surface area contributed by atoms with Gasteiger partial charge in [-0.05, 0) is 43.3 Å². The molecule has 4 N–H and O–H groups in total. The van der Waals surface area contributed by atoms with Gasteiger partial charge in [0.05, 0.1) is 11.7 Å². The van der Waals surface area contributed by atoms with Crippen molar-refractivity contribution >= 4 is 34.7 Å². The number of carbonyl (C=O) groups excluding carboxylic acids is 1. The third kappa shape index (κ3) is 5.53. The Hall–Kier alpha value is -4.06. The molecule has 1 saturated heterocycles. The van der Waals surface area contributed by atoms with E-state index in [1.54, 1.807) is 19.1 Å². The standard InChI is InChI=1S/C25H26F3N7O2/c1-15-14-37-20-4-2-3-19(21(20)23(36)31-15)33-22-18(25(26,27)28)13-30-24(34-22)32-16-5-7-17(8-6-16)35-11-9-29-10-12-35/h2-8,13,15,29H,9-12,14H2,1H3,(H,31,36)(H2,30,32,33,34)/t15-/m0/s1. The zero-order valence-electron chi connectivity index (χ0n) is 20.0. The molecule has 2 aliphatic rings. The SMILES string of the molecule is C[C@H]1COc2cccc(Nc3nc(Nc4ccc(N5CCNCC5)cc4)ncc3C(F)(F)F)c2C(=O)N1. The first-order valence-electron chi connectivity index (χ1n) is 11.9. The largest absolute Gasteiger partial charge is 0.491 e. The maximum atomic E-state index is 13.8. The molecule has 9 nitrogen and oxygen atoms in total. The topological polar surface area (TPSA) is 103 Å². The van der Waals surface area contributed by atoms with Gasteiger partial charge in [0.15, 0.2) is 0 Å². The first-order valence-corrected chi connectivity index (χ1v) is 11.9. The second-order valence-electron chi connectivity index (χ2n) is 8.85. The molecule has 2 aromatic carbocycles. The first-order chi connectivity index (χ1) is 17.8. The first kappa shape index (κ1) is 24.6. The van der Waals surface area contributed by atoms with Crippen molar-refractivity contribution in [3.8, 4) is 5.75 Å². The highest BCUT2D eigenvalue weighted by Crippen LogP contribution is 2.37. The Bertz CT molecular complexity index is 1280. The molecule has 5 rings (SSSR count). The van der Waals surface area contributed by atoms with Crippen LogP contribution in [-0.2, 0) is 6.18 Å². The number of rotatable bonds is 5. The van der Waals surface area contributed by atoms with Gasteiger partial charge in [-0.15, -0.1) is 0 Å². The highest BCUT2D eigenvalue weighted by atomic mass is 19.4. The zero-order valence-corrected chi connectivity index (χ0v) is 20.0. The Morgan fingerprint density at radius 3 is 2.57 bits per heavy atom. The number of alkyl halides is 3. The molecule has 3 aromatic rings. The molecule has 1 atom stereocenters. The minimum atomic E-state index is -4.72. The second kappa shape index (κ2) is 10.1. The Kier molecular flexibility index (Phi) is 6.74. The summed E-state index contributed by atoms with van der Waals surface area (Å²) in [5.74, 6) is -0.686. The van der Waals surface area contributed by atoms with Crippen molar-refractivity contribution in [3.63, 3.8) is 0 Å². The van der Waals surface area contributed by atoms with Crippen LogP contribution in [0, 0.1) is 0 Å². The number of benzene rings is 2. The average Bonchev–Trinajstić information content (AvgIpc) is 3.02. The number of anilines is 5. The van der Waals surface area contributed by atoms with Gasteiger partial charge < -0.3 is 30.9 Å². The van der Waals surface area contributed by atoms with E-state index in [2.05, 4.69) is 36.1 Å². The summed E-state index contributed by atoms with van der Waals surface area (Å²) in [6.07, 6.45) is -4.00. The molecule has 1 aromatic heterocycles. The number of piperazine rings is 1. The van der Waals surface area contributed by atoms with Crippen molar-refractivity contribution in [2.24, 2.45) is 0 Å². The number of halogens is 3. The summed E-state index contributed by atoms with van der Waals surface area (Å²) < 4.78 is 47.1. The summed E-state index contributed by atoms with van der Waals surface area (Å²) in [5, 5.41) is 11.7. The molecule has 37 heavy (non-hydrogen) atoms. The van der Waals surface area contributed by atoms with E-state index in [1.165, 1.54) is 6.07 Å². The van der Waals surface area contributed by atoms with Crippen LogP contribution in [0.15, 0.2) is 48.7 Å². The number of amides is 1. The van der Waals surface area contributed by atoms with E-state index in [1.807, 2.05) is 24.3 Å². The smallest absolute Gasteiger partial charge is 0.421 e. The number of fused-ring (bicyclic) bond motifs is 1. The van der Waals surface area contributed by atoms with Crippen molar-refractivity contribution < 1.29 is 22.7 Å². The molecule has 3 heterocycles. The van der Waals surface area contributed by atoms with Gasteiger partial charge in [-0.25, -0.2) is 4.98 Å². The molecule has 0 radical (unpaired) electrons. The van der Waals surface area contributed by atoms with Crippen molar-refractivity contribution in [2.75, 3.05) is 48.3 Å². The van der Waals surface area contributed by atoms with Gasteiger partial charge in [0.25, 0.3) is 5.91 Å². The van der Waals surface area contributed by atoms with Crippen molar-refractivity contribution in [1.82, 2.24) is 20.6 Å². The summed E-state index contributed by atoms with van der Waals surface area (Å²) in [5.41, 5.74) is 0.867. The van der Waals surface area contributed by atoms with E-state index in [-0.39, 0.29) is 35.6 Å². The van der Waals surface area contributed by atoms with Gasteiger partial charge in [-0.3, -0.25) is 4.79 Å². The average molecular weight is 514 g/mol. The molecule has 0 aliphatic carbocycles. The fraction of sp³-hybridized carbons (Fsp3) is 0.320. The number of nitrogens with one attached hydrogen (secondary N) is 4. The van der Waals surface area contributed by atoms with Gasteiger partial charge in [-0.1, -0.05) is 6.07 Å². The maximum Gasteiger partial charge on any atom is 0.421 e. The van der Waals surface area contributed by atoms with Crippen molar-refractivity contribution in [1.29, 1.82) is 0 Å². The van der Waals surface area contributed by atoms with E-state index >= 15 is 0 Å². The predicted molar refractivity (Wildman–Crippen MR) is 134 cm³/mol. The molecule has 1 fully saturated rings. The third-order valence-corrected chi connectivity index (χ3v) is 6.07. The van der Waals surface area contributed by atoms with Crippen LogP contribution in [-0.4, -0.2) is 54.7 Å². The number of ether oxygens (including phenoxy) is 1. The van der Waals surface area contributed by atoms with Crippen LogP contribution < -0.4 is 30.9 Å². The number of hydrogen-bond donors (Lipinski definition) is 4. The zero-order chi connectivity index (χ0) is 26.0. The van der Waals surface area contributed by atoms with Crippen LogP contribution in [0.2, 0.25) is 0 Å². The minimum absolute atomic E-state index is 0.0261. The van der Waals surface area contributed by atoms with Gasteiger partial charge >= 0.3 is 6.18 Å². The van der Waals surface area contributed by atoms with Crippen LogP contribution >= 0.6 is 0 Å². The molecule has 0 saturated carbocycles. The minimum Gasteiger partial charge on any atom is -0.491 e. The summed E-state index contributed by atoms with van der Waals surface area (Å²) in [6.45, 7) is 5.63. The lowest BCUT2D eigenvalue weighted by Crippen LogP contribution is -2.43. The summed E-state index contributed by atoms with van der Waals surface area (Å²) in [6, 6.07) is 12.0. The second-order valence-corrected chi connectivity index (χ2v) is 8.85. The molecule has 1 amide bonds. The predicted octanol–water partition coefficient (Wildman–Crippen LogP) is 3.90. The van der Waals surface area contributed by atoms with Crippen LogP contribution in [0.5, 0.6) is 5.75 Å². The van der Waals surface area contributed by atoms with Crippen LogP contribution in [0.3, 0.4) is 0 Å². The lowest BCUT2D eigenvalue weighted by atomic mass is 10.1. The van der Waals surface area contributed by atoms with E-state index in [0.29, 0.717) is 11.9 Å². The van der Waals surface area contributed by atoms with E-state index in [4.69, 9.17) is 4.74 Å². The van der Waals surface area contributed by atoms with Crippen LogP contribution in [0.25, 0.3) is 0 Å². The van der Waals surface area contributed by atoms with Gasteiger partial charge in [0.2, 0.25) is 5.95 Å². The maximum absolute atomic E-state index is 13.8. The van der Waals surface area contributed by atoms with E-state index in [0.717, 1.165) is 31.9 Å². The molecule has 2 aliphatic heterocycles. The fourth-order valence-electron chi connectivity index (χ4n) is 4.22. The highest BCUT2D eigenvalue weighted by molar-refractivity contribution is 6.03. The number of aromatic nitrogens is 2. The third-order valence-electron chi connectivity index (χ3n) is 6.07. The number of hydrogen-bond acceptors (Lipinski definition) is 8. The number of nitrogens with zero attached hydrogens (tertiary/aromatic N) is 3. The summed E-state index contributed by atoms with van der Waals surface area (Å²) >= 11 is 0. The summed E-state index contributed by atoms with van der Waals surface area (Å²) in [4.78, 5) is 23.0. The molecule has 12 heteroatoms. The molecule has 0 bridgehead atoms. The Labute approximate surface area is 211 Å². The lowest BCUT2D eigenvalue weighted by molar-refractivity contribution is -0.137. The molecule has 0 unspecified atom stereocenters. The summed E-state index contributed by atoms with van der Waals surface area (Å²) in [7, 11) is 0. The lowest BCUT2D eigenvalue weighted by Gasteiger charge is -2.29. The molecular formula is C25H26F3N7O2. The van der Waals surface area contributed by atoms with Crippen molar-refractivity contribution in [2.45, 2.75) is 19.1 Å². The Morgan fingerprint density at radius 2 is 1.84 bits per heavy atom.